The number of ether oxygens (including phenoxy) is 2. The van der Waals surface area contributed by atoms with Gasteiger partial charge in [0.1, 0.15) is 11.4 Å². The van der Waals surface area contributed by atoms with Crippen molar-refractivity contribution in [3.8, 4) is 0 Å². The van der Waals surface area contributed by atoms with Gasteiger partial charge in [-0.2, -0.15) is 8.78 Å². The molecule has 1 atom stereocenters. The molecule has 1 unspecified atom stereocenters. The van der Waals surface area contributed by atoms with E-state index in [0.717, 1.165) is 32.2 Å². The molecule has 0 radical (unpaired) electrons. The van der Waals surface area contributed by atoms with Gasteiger partial charge in [0.25, 0.3) is 0 Å². The van der Waals surface area contributed by atoms with Crippen molar-refractivity contribution in [1.82, 2.24) is 5.32 Å². The average molecular weight is 464 g/mol. The Morgan fingerprint density at radius 3 is 2.68 bits per heavy atom. The number of alkyl halides is 2. The number of hydrogen-bond donors (Lipinski definition) is 1. The van der Waals surface area contributed by atoms with Crippen molar-refractivity contribution >= 4 is 21.9 Å². The van der Waals surface area contributed by atoms with Gasteiger partial charge < -0.3 is 14.8 Å². The highest BCUT2D eigenvalue weighted by atomic mass is 79.9. The van der Waals surface area contributed by atoms with Crippen LogP contribution in [0, 0.1) is 5.92 Å². The molecule has 7 heteroatoms. The van der Waals surface area contributed by atoms with E-state index in [4.69, 9.17) is 4.74 Å². The normalized spacial score (nSPS) is 17.2. The van der Waals surface area contributed by atoms with E-state index in [-0.39, 0.29) is 11.7 Å². The Morgan fingerprint density at radius 1 is 1.36 bits per heavy atom. The zero-order valence-electron chi connectivity index (χ0n) is 17.2. The van der Waals surface area contributed by atoms with E-state index >= 15 is 0 Å². The van der Waals surface area contributed by atoms with E-state index in [1.54, 1.807) is 12.3 Å². The standard InChI is InChI=1S/C21H32BrF2NO3/c1-5-8-15(9-6-12-18(26)28-21(2,3)4)13-25-14-16-10-7-11-17(22)19(16)27-20(23)24/h7,11,14-15,20,25H,5-6,8-10,12-13H2,1-4H3/b16-14+. The summed E-state index contributed by atoms with van der Waals surface area (Å²) in [5.74, 6) is 0.396. The van der Waals surface area contributed by atoms with E-state index in [1.807, 2.05) is 26.8 Å². The molecule has 0 saturated carbocycles. The maximum absolute atomic E-state index is 12.6. The summed E-state index contributed by atoms with van der Waals surface area (Å²) >= 11 is 3.26. The lowest BCUT2D eigenvalue weighted by atomic mass is 9.97. The first-order valence-corrected chi connectivity index (χ1v) is 10.6. The van der Waals surface area contributed by atoms with Gasteiger partial charge >= 0.3 is 12.6 Å². The van der Waals surface area contributed by atoms with E-state index in [0.29, 0.717) is 28.8 Å². The van der Waals surface area contributed by atoms with Crippen molar-refractivity contribution in [1.29, 1.82) is 0 Å². The largest absolute Gasteiger partial charge is 0.460 e. The summed E-state index contributed by atoms with van der Waals surface area (Å²) in [5.41, 5.74) is 0.223. The predicted octanol–water partition coefficient (Wildman–Crippen LogP) is 6.19. The molecule has 1 aliphatic rings. The number of allylic oxidation sites excluding steroid dienone is 4. The van der Waals surface area contributed by atoms with Crippen molar-refractivity contribution < 1.29 is 23.0 Å². The molecule has 160 valence electrons. The van der Waals surface area contributed by atoms with Gasteiger partial charge in [0, 0.05) is 24.7 Å². The lowest BCUT2D eigenvalue weighted by Crippen LogP contribution is -2.24. The summed E-state index contributed by atoms with van der Waals surface area (Å²) in [6, 6.07) is 0. The molecule has 1 rings (SSSR count). The molecular weight excluding hydrogens is 432 g/mol. The second kappa shape index (κ2) is 12.2. The summed E-state index contributed by atoms with van der Waals surface area (Å²) in [5, 5.41) is 3.25. The first-order valence-electron chi connectivity index (χ1n) is 9.78. The quantitative estimate of drug-likeness (QED) is 0.370. The number of esters is 1. The summed E-state index contributed by atoms with van der Waals surface area (Å²) in [7, 11) is 0. The van der Waals surface area contributed by atoms with Crippen LogP contribution in [0.1, 0.15) is 66.2 Å². The zero-order chi connectivity index (χ0) is 21.2. The van der Waals surface area contributed by atoms with Gasteiger partial charge in [0.2, 0.25) is 0 Å². The highest BCUT2D eigenvalue weighted by molar-refractivity contribution is 9.11. The second-order valence-electron chi connectivity index (χ2n) is 7.87. The van der Waals surface area contributed by atoms with Crippen LogP contribution in [0.3, 0.4) is 0 Å². The number of nitrogens with one attached hydrogen (secondary N) is 1. The Kier molecular flexibility index (Phi) is 10.8. The van der Waals surface area contributed by atoms with Crippen LogP contribution in [0.5, 0.6) is 0 Å². The fraction of sp³-hybridized carbons (Fsp3) is 0.667. The summed E-state index contributed by atoms with van der Waals surface area (Å²) in [6.07, 6.45) is 10.0. The van der Waals surface area contributed by atoms with E-state index in [9.17, 15) is 13.6 Å². The van der Waals surface area contributed by atoms with Crippen molar-refractivity contribution in [3.63, 3.8) is 0 Å². The molecule has 1 N–H and O–H groups in total. The van der Waals surface area contributed by atoms with Gasteiger partial charge in [-0.3, -0.25) is 4.79 Å². The van der Waals surface area contributed by atoms with Gasteiger partial charge in [-0.05, 0) is 74.4 Å². The SMILES string of the molecule is CCCC(CCCC(=O)OC(C)(C)C)CN/C=C1\CC=CC(Br)=C1OC(F)F. The molecule has 4 nitrogen and oxygen atoms in total. The minimum Gasteiger partial charge on any atom is -0.460 e. The maximum atomic E-state index is 12.6. The van der Waals surface area contributed by atoms with Crippen LogP contribution >= 0.6 is 15.9 Å². The van der Waals surface area contributed by atoms with Gasteiger partial charge in [0.15, 0.2) is 0 Å². The first-order chi connectivity index (χ1) is 13.1. The summed E-state index contributed by atoms with van der Waals surface area (Å²) in [6.45, 7) is 5.57. The van der Waals surface area contributed by atoms with Crippen LogP contribution in [-0.2, 0) is 14.3 Å². The lowest BCUT2D eigenvalue weighted by Gasteiger charge is -2.21. The molecule has 0 heterocycles. The molecule has 0 bridgehead atoms. The lowest BCUT2D eigenvalue weighted by molar-refractivity contribution is -0.155. The van der Waals surface area contributed by atoms with Crippen molar-refractivity contribution in [2.24, 2.45) is 5.92 Å². The third-order valence-electron chi connectivity index (χ3n) is 4.11. The van der Waals surface area contributed by atoms with E-state index in [2.05, 4.69) is 32.9 Å². The van der Waals surface area contributed by atoms with Crippen LogP contribution < -0.4 is 5.32 Å². The highest BCUT2D eigenvalue weighted by Gasteiger charge is 2.19. The number of carbonyl (C=O) groups excluding carboxylic acids is 1. The van der Waals surface area contributed by atoms with Crippen LogP contribution in [0.4, 0.5) is 8.78 Å². The summed E-state index contributed by atoms with van der Waals surface area (Å²) in [4.78, 5) is 11.8. The van der Waals surface area contributed by atoms with Gasteiger partial charge in [-0.1, -0.05) is 19.4 Å². The van der Waals surface area contributed by atoms with Crippen LogP contribution in [-0.4, -0.2) is 24.7 Å². The molecule has 0 saturated heterocycles. The fourth-order valence-electron chi connectivity index (χ4n) is 2.99. The third-order valence-corrected chi connectivity index (χ3v) is 4.73. The van der Waals surface area contributed by atoms with Gasteiger partial charge in [0.05, 0.1) is 4.48 Å². The zero-order valence-corrected chi connectivity index (χ0v) is 18.8. The highest BCUT2D eigenvalue weighted by Crippen LogP contribution is 2.30. The Hall–Kier alpha value is -1.37. The van der Waals surface area contributed by atoms with Crippen molar-refractivity contribution in [3.05, 3.63) is 34.2 Å². The number of hydrogen-bond acceptors (Lipinski definition) is 4. The van der Waals surface area contributed by atoms with E-state index in [1.165, 1.54) is 0 Å². The monoisotopic (exact) mass is 463 g/mol. The minimum absolute atomic E-state index is 0.168. The summed E-state index contributed by atoms with van der Waals surface area (Å²) < 4.78 is 35.8. The first kappa shape index (κ1) is 24.7. The molecule has 28 heavy (non-hydrogen) atoms. The molecule has 0 amide bonds. The molecule has 0 fully saturated rings. The van der Waals surface area contributed by atoms with Crippen LogP contribution in [0.15, 0.2) is 34.2 Å². The Bertz CT molecular complexity index is 595. The molecule has 0 spiro atoms. The number of rotatable bonds is 11. The smallest absolute Gasteiger partial charge is 0.387 e. The van der Waals surface area contributed by atoms with E-state index < -0.39 is 12.2 Å². The molecular formula is C21H32BrF2NO3. The number of carbonyl (C=O) groups is 1. The second-order valence-corrected chi connectivity index (χ2v) is 8.73. The van der Waals surface area contributed by atoms with Crippen LogP contribution in [0.25, 0.3) is 0 Å². The molecule has 0 aromatic rings. The van der Waals surface area contributed by atoms with Gasteiger partial charge in [-0.25, -0.2) is 0 Å². The third kappa shape index (κ3) is 10.2. The molecule has 0 aromatic heterocycles. The average Bonchev–Trinajstić information content (AvgIpc) is 2.55. The topological polar surface area (TPSA) is 47.6 Å². The molecule has 0 aliphatic heterocycles. The Labute approximate surface area is 175 Å². The number of halogens is 3. The van der Waals surface area contributed by atoms with Gasteiger partial charge in [-0.15, -0.1) is 0 Å². The van der Waals surface area contributed by atoms with Crippen LogP contribution in [0.2, 0.25) is 0 Å². The van der Waals surface area contributed by atoms with Crippen molar-refractivity contribution in [2.45, 2.75) is 78.4 Å². The predicted molar refractivity (Wildman–Crippen MR) is 111 cm³/mol. The fourth-order valence-corrected chi connectivity index (χ4v) is 3.52. The Balaban J connectivity index is 2.53. The minimum atomic E-state index is -2.86. The molecule has 0 aromatic carbocycles. The molecule has 1 aliphatic carbocycles. The van der Waals surface area contributed by atoms with Crippen molar-refractivity contribution in [2.75, 3.05) is 6.54 Å². The Morgan fingerprint density at radius 2 is 2.07 bits per heavy atom. The maximum Gasteiger partial charge on any atom is 0.387 e.